The zero-order chi connectivity index (χ0) is 17.6. The minimum absolute atomic E-state index is 0.125. The normalized spacial score (nSPS) is 14.2. The smallest absolute Gasteiger partial charge is 0.254 e. The summed E-state index contributed by atoms with van der Waals surface area (Å²) < 4.78 is 0. The standard InChI is InChI=1S/C22H24N2O/c1-14(2)17-8-9-20-18(12-17)19-13-24(11-10-21(19)23-20)22(25)16-6-4-15(3)5-7-16/h4-9,12,14,23H,10-11,13H2,1-3H3. The first-order valence-electron chi connectivity index (χ1n) is 9.02. The molecule has 0 aliphatic carbocycles. The Labute approximate surface area is 148 Å². The molecule has 3 heteroatoms. The van der Waals surface area contributed by atoms with Crippen LogP contribution in [-0.2, 0) is 13.0 Å². The zero-order valence-corrected chi connectivity index (χ0v) is 15.1. The summed E-state index contributed by atoms with van der Waals surface area (Å²) >= 11 is 0. The molecule has 25 heavy (non-hydrogen) atoms. The Morgan fingerprint density at radius 1 is 1.12 bits per heavy atom. The number of aromatic nitrogens is 1. The second kappa shape index (κ2) is 6.07. The third kappa shape index (κ3) is 2.84. The van der Waals surface area contributed by atoms with E-state index in [2.05, 4.69) is 37.0 Å². The van der Waals surface area contributed by atoms with E-state index in [0.29, 0.717) is 12.5 Å². The summed E-state index contributed by atoms with van der Waals surface area (Å²) in [4.78, 5) is 18.4. The van der Waals surface area contributed by atoms with Crippen LogP contribution in [-0.4, -0.2) is 22.3 Å². The van der Waals surface area contributed by atoms with Crippen LogP contribution in [0.1, 0.15) is 52.5 Å². The van der Waals surface area contributed by atoms with Crippen LogP contribution in [0.25, 0.3) is 10.9 Å². The number of nitrogens with one attached hydrogen (secondary N) is 1. The zero-order valence-electron chi connectivity index (χ0n) is 15.1. The molecule has 128 valence electrons. The van der Waals surface area contributed by atoms with Crippen molar-refractivity contribution in [2.75, 3.05) is 6.54 Å². The van der Waals surface area contributed by atoms with E-state index in [4.69, 9.17) is 0 Å². The maximum atomic E-state index is 12.9. The minimum atomic E-state index is 0.125. The van der Waals surface area contributed by atoms with Crippen molar-refractivity contribution in [1.29, 1.82) is 0 Å². The maximum Gasteiger partial charge on any atom is 0.254 e. The van der Waals surface area contributed by atoms with Gasteiger partial charge in [-0.2, -0.15) is 0 Å². The summed E-state index contributed by atoms with van der Waals surface area (Å²) in [6.07, 6.45) is 0.888. The highest BCUT2D eigenvalue weighted by molar-refractivity contribution is 5.95. The van der Waals surface area contributed by atoms with Gasteiger partial charge >= 0.3 is 0 Å². The number of aromatic amines is 1. The molecule has 2 aromatic carbocycles. The van der Waals surface area contributed by atoms with Crippen molar-refractivity contribution < 1.29 is 4.79 Å². The molecule has 1 amide bonds. The van der Waals surface area contributed by atoms with E-state index in [9.17, 15) is 4.79 Å². The van der Waals surface area contributed by atoms with E-state index in [1.54, 1.807) is 0 Å². The van der Waals surface area contributed by atoms with Crippen molar-refractivity contribution in [2.24, 2.45) is 0 Å². The summed E-state index contributed by atoms with van der Waals surface area (Å²) in [5, 5.41) is 1.27. The van der Waals surface area contributed by atoms with Gasteiger partial charge in [0.25, 0.3) is 5.91 Å². The fraction of sp³-hybridized carbons (Fsp3) is 0.318. The summed E-state index contributed by atoms with van der Waals surface area (Å²) in [5.41, 5.74) is 7.04. The number of H-pyrrole nitrogens is 1. The minimum Gasteiger partial charge on any atom is -0.358 e. The van der Waals surface area contributed by atoms with Gasteiger partial charge in [-0.05, 0) is 42.7 Å². The second-order valence-electron chi connectivity index (χ2n) is 7.38. The first-order valence-corrected chi connectivity index (χ1v) is 9.02. The van der Waals surface area contributed by atoms with Crippen molar-refractivity contribution in [2.45, 2.75) is 39.7 Å². The maximum absolute atomic E-state index is 12.9. The molecular weight excluding hydrogens is 308 g/mol. The largest absolute Gasteiger partial charge is 0.358 e. The Hall–Kier alpha value is -2.55. The number of fused-ring (bicyclic) bond motifs is 3. The Morgan fingerprint density at radius 3 is 2.60 bits per heavy atom. The van der Waals surface area contributed by atoms with Crippen molar-refractivity contribution in [3.63, 3.8) is 0 Å². The highest BCUT2D eigenvalue weighted by Gasteiger charge is 2.25. The molecule has 0 atom stereocenters. The number of hydrogen-bond donors (Lipinski definition) is 1. The molecule has 3 nitrogen and oxygen atoms in total. The highest BCUT2D eigenvalue weighted by atomic mass is 16.2. The predicted molar refractivity (Wildman–Crippen MR) is 102 cm³/mol. The SMILES string of the molecule is Cc1ccc(C(=O)N2CCc3[nH]c4ccc(C(C)C)cc4c3C2)cc1. The van der Waals surface area contributed by atoms with Gasteiger partial charge in [0.1, 0.15) is 0 Å². The van der Waals surface area contributed by atoms with Crippen LogP contribution in [0, 0.1) is 6.92 Å². The molecule has 1 aliphatic heterocycles. The van der Waals surface area contributed by atoms with Crippen LogP contribution in [0.5, 0.6) is 0 Å². The molecular formula is C22H24N2O. The fourth-order valence-corrected chi connectivity index (χ4v) is 3.64. The Morgan fingerprint density at radius 2 is 1.88 bits per heavy atom. The first kappa shape index (κ1) is 15.9. The molecule has 0 saturated heterocycles. The molecule has 2 heterocycles. The Balaban J connectivity index is 1.67. The molecule has 4 rings (SSSR count). The third-order valence-corrected chi connectivity index (χ3v) is 5.25. The van der Waals surface area contributed by atoms with Crippen LogP contribution < -0.4 is 0 Å². The second-order valence-corrected chi connectivity index (χ2v) is 7.38. The topological polar surface area (TPSA) is 36.1 Å². The average Bonchev–Trinajstić information content (AvgIpc) is 2.98. The van der Waals surface area contributed by atoms with Crippen LogP contribution >= 0.6 is 0 Å². The van der Waals surface area contributed by atoms with Crippen LogP contribution in [0.2, 0.25) is 0 Å². The van der Waals surface area contributed by atoms with Gasteiger partial charge in [-0.15, -0.1) is 0 Å². The number of rotatable bonds is 2. The number of carbonyl (C=O) groups excluding carboxylic acids is 1. The Bertz CT molecular complexity index is 935. The summed E-state index contributed by atoms with van der Waals surface area (Å²) in [7, 11) is 0. The number of nitrogens with zero attached hydrogens (tertiary/aromatic N) is 1. The van der Waals surface area contributed by atoms with Crippen molar-refractivity contribution in [1.82, 2.24) is 9.88 Å². The monoisotopic (exact) mass is 332 g/mol. The van der Waals surface area contributed by atoms with Crippen LogP contribution in [0.15, 0.2) is 42.5 Å². The molecule has 1 N–H and O–H groups in total. The summed E-state index contributed by atoms with van der Waals surface area (Å²) in [5.74, 6) is 0.629. The third-order valence-electron chi connectivity index (χ3n) is 5.25. The van der Waals surface area contributed by atoms with Crippen LogP contribution in [0.3, 0.4) is 0 Å². The van der Waals surface area contributed by atoms with Crippen LogP contribution in [0.4, 0.5) is 0 Å². The lowest BCUT2D eigenvalue weighted by molar-refractivity contribution is 0.0735. The number of hydrogen-bond acceptors (Lipinski definition) is 1. The molecule has 0 fully saturated rings. The van der Waals surface area contributed by atoms with Crippen molar-refractivity contribution in [3.05, 3.63) is 70.4 Å². The molecule has 0 spiro atoms. The Kier molecular flexibility index (Phi) is 3.87. The van der Waals surface area contributed by atoms with Gasteiger partial charge in [-0.1, -0.05) is 37.6 Å². The number of carbonyl (C=O) groups is 1. The van der Waals surface area contributed by atoms with Gasteiger partial charge in [0.05, 0.1) is 0 Å². The lowest BCUT2D eigenvalue weighted by atomic mass is 9.98. The van der Waals surface area contributed by atoms with E-state index in [1.165, 1.54) is 33.3 Å². The number of amides is 1. The lowest BCUT2D eigenvalue weighted by Gasteiger charge is -2.27. The number of aryl methyl sites for hydroxylation is 1. The lowest BCUT2D eigenvalue weighted by Crippen LogP contribution is -2.35. The number of benzene rings is 2. The quantitative estimate of drug-likeness (QED) is 0.719. The molecule has 0 radical (unpaired) electrons. The predicted octanol–water partition coefficient (Wildman–Crippen LogP) is 4.80. The average molecular weight is 332 g/mol. The van der Waals surface area contributed by atoms with Gasteiger partial charge in [-0.25, -0.2) is 0 Å². The van der Waals surface area contributed by atoms with E-state index in [-0.39, 0.29) is 5.91 Å². The van der Waals surface area contributed by atoms with Crippen molar-refractivity contribution in [3.8, 4) is 0 Å². The molecule has 0 bridgehead atoms. The van der Waals surface area contributed by atoms with Gasteiger partial charge < -0.3 is 9.88 Å². The molecule has 0 saturated carbocycles. The van der Waals surface area contributed by atoms with Gasteiger partial charge in [0.2, 0.25) is 0 Å². The molecule has 3 aromatic rings. The first-order chi connectivity index (χ1) is 12.0. The fourth-order valence-electron chi connectivity index (χ4n) is 3.64. The summed E-state index contributed by atoms with van der Waals surface area (Å²) in [6.45, 7) is 7.92. The van der Waals surface area contributed by atoms with Gasteiger partial charge in [0.15, 0.2) is 0 Å². The molecule has 0 unspecified atom stereocenters. The van der Waals surface area contributed by atoms with E-state index in [0.717, 1.165) is 18.5 Å². The highest BCUT2D eigenvalue weighted by Crippen LogP contribution is 2.30. The van der Waals surface area contributed by atoms with Gasteiger partial charge in [0, 0.05) is 47.2 Å². The van der Waals surface area contributed by atoms with Crippen molar-refractivity contribution >= 4 is 16.8 Å². The molecule has 1 aromatic heterocycles. The van der Waals surface area contributed by atoms with E-state index < -0.39 is 0 Å². The van der Waals surface area contributed by atoms with Gasteiger partial charge in [-0.3, -0.25) is 4.79 Å². The molecule has 1 aliphatic rings. The van der Waals surface area contributed by atoms with E-state index in [1.807, 2.05) is 36.1 Å². The summed E-state index contributed by atoms with van der Waals surface area (Å²) in [6, 6.07) is 14.5. The van der Waals surface area contributed by atoms with E-state index >= 15 is 0 Å².